The molecule has 3 rings (SSSR count). The van der Waals surface area contributed by atoms with Crippen LogP contribution < -0.4 is 0 Å². The third-order valence-corrected chi connectivity index (χ3v) is 4.89. The van der Waals surface area contributed by atoms with Gasteiger partial charge in [0.2, 0.25) is 5.89 Å². The van der Waals surface area contributed by atoms with Crippen LogP contribution in [0.5, 0.6) is 0 Å². The van der Waals surface area contributed by atoms with Crippen molar-refractivity contribution < 1.29 is 9.15 Å². The molecule has 2 aromatic rings. The minimum atomic E-state index is 0.408. The third kappa shape index (κ3) is 5.14. The molecule has 0 bridgehead atoms. The Morgan fingerprint density at radius 2 is 1.84 bits per heavy atom. The molecule has 1 saturated heterocycles. The Bertz CT molecular complexity index is 631. The maximum absolute atomic E-state index is 5.84. The maximum Gasteiger partial charge on any atom is 0.208 e. The second-order valence-corrected chi connectivity index (χ2v) is 6.90. The molecule has 0 N–H and O–H groups in total. The van der Waals surface area contributed by atoms with E-state index in [4.69, 9.17) is 9.15 Å². The third-order valence-electron chi connectivity index (χ3n) is 4.89. The number of aryl methyl sites for hydroxylation is 2. The fourth-order valence-corrected chi connectivity index (χ4v) is 3.24. The first-order chi connectivity index (χ1) is 12.1. The van der Waals surface area contributed by atoms with E-state index in [0.717, 1.165) is 63.3 Å². The molecule has 25 heavy (non-hydrogen) atoms. The summed E-state index contributed by atoms with van der Waals surface area (Å²) < 4.78 is 11.3. The molecule has 1 aliphatic rings. The average molecular weight is 343 g/mol. The Labute approximate surface area is 150 Å². The molecular formula is C20H29N3O2. The van der Waals surface area contributed by atoms with Crippen molar-refractivity contribution in [1.82, 2.24) is 14.8 Å². The molecule has 1 aliphatic heterocycles. The van der Waals surface area contributed by atoms with E-state index in [1.54, 1.807) is 0 Å². The van der Waals surface area contributed by atoms with E-state index in [0.29, 0.717) is 6.04 Å². The van der Waals surface area contributed by atoms with Gasteiger partial charge in [-0.15, -0.1) is 0 Å². The molecule has 2 heterocycles. The molecule has 1 atom stereocenters. The number of morpholine rings is 1. The molecule has 0 spiro atoms. The van der Waals surface area contributed by atoms with E-state index in [-0.39, 0.29) is 0 Å². The summed E-state index contributed by atoms with van der Waals surface area (Å²) in [6.07, 6.45) is 0. The number of hydrogen-bond donors (Lipinski definition) is 0. The summed E-state index contributed by atoms with van der Waals surface area (Å²) in [6, 6.07) is 11.0. The van der Waals surface area contributed by atoms with Gasteiger partial charge >= 0.3 is 0 Å². The lowest BCUT2D eigenvalue weighted by Crippen LogP contribution is -2.45. The van der Waals surface area contributed by atoms with Gasteiger partial charge in [0, 0.05) is 32.2 Å². The van der Waals surface area contributed by atoms with Crippen molar-refractivity contribution in [3.8, 4) is 0 Å². The second kappa shape index (κ2) is 8.61. The Morgan fingerprint density at radius 3 is 2.48 bits per heavy atom. The van der Waals surface area contributed by atoms with E-state index in [9.17, 15) is 0 Å². The summed E-state index contributed by atoms with van der Waals surface area (Å²) >= 11 is 0. The van der Waals surface area contributed by atoms with Crippen LogP contribution in [0, 0.1) is 13.8 Å². The number of ether oxygens (including phenoxy) is 1. The van der Waals surface area contributed by atoms with E-state index in [1.165, 1.54) is 5.56 Å². The zero-order valence-electron chi connectivity index (χ0n) is 15.6. The first-order valence-electron chi connectivity index (χ1n) is 9.13. The number of aromatic nitrogens is 1. The lowest BCUT2D eigenvalue weighted by Gasteiger charge is -2.34. The standard InChI is InChI=1S/C20H29N3O2/c1-16(13-22-9-11-24-12-10-22)23(14-19-7-5-4-6-8-19)15-20-21-17(2)18(3)25-20/h4-8,16H,9-15H2,1-3H3/t16-/m1/s1. The monoisotopic (exact) mass is 343 g/mol. The number of nitrogens with zero attached hydrogens (tertiary/aromatic N) is 3. The fourth-order valence-electron chi connectivity index (χ4n) is 3.24. The minimum absolute atomic E-state index is 0.408. The molecule has 1 aromatic heterocycles. The Kier molecular flexibility index (Phi) is 6.24. The van der Waals surface area contributed by atoms with Crippen molar-refractivity contribution in [3.05, 3.63) is 53.2 Å². The topological polar surface area (TPSA) is 41.7 Å². The normalized spacial score (nSPS) is 17.1. The summed E-state index contributed by atoms with van der Waals surface area (Å²) in [5.74, 6) is 1.72. The van der Waals surface area contributed by atoms with Crippen molar-refractivity contribution in [2.24, 2.45) is 0 Å². The molecule has 1 fully saturated rings. The zero-order valence-corrected chi connectivity index (χ0v) is 15.6. The molecule has 0 amide bonds. The molecule has 0 radical (unpaired) electrons. The van der Waals surface area contributed by atoms with E-state index in [1.807, 2.05) is 13.8 Å². The van der Waals surface area contributed by atoms with Gasteiger partial charge in [-0.25, -0.2) is 4.98 Å². The molecule has 0 saturated carbocycles. The largest absolute Gasteiger partial charge is 0.444 e. The number of hydrogen-bond acceptors (Lipinski definition) is 5. The predicted octanol–water partition coefficient (Wildman–Crippen LogP) is 3.01. The average Bonchev–Trinajstić information content (AvgIpc) is 2.93. The quantitative estimate of drug-likeness (QED) is 0.773. The Morgan fingerprint density at radius 1 is 1.12 bits per heavy atom. The summed E-state index contributed by atoms with van der Waals surface area (Å²) in [4.78, 5) is 9.52. The van der Waals surface area contributed by atoms with Gasteiger partial charge in [0.05, 0.1) is 25.5 Å². The SMILES string of the molecule is Cc1nc(CN(Cc2ccccc2)[C@H](C)CN2CCOCC2)oc1C. The number of benzene rings is 1. The van der Waals surface area contributed by atoms with Crippen LogP contribution in [0.25, 0.3) is 0 Å². The van der Waals surface area contributed by atoms with Crippen LogP contribution in [-0.2, 0) is 17.8 Å². The molecular weight excluding hydrogens is 314 g/mol. The number of oxazole rings is 1. The highest BCUT2D eigenvalue weighted by molar-refractivity contribution is 5.15. The smallest absolute Gasteiger partial charge is 0.208 e. The van der Waals surface area contributed by atoms with Gasteiger partial charge < -0.3 is 9.15 Å². The predicted molar refractivity (Wildman–Crippen MR) is 98.4 cm³/mol. The van der Waals surface area contributed by atoms with E-state index in [2.05, 4.69) is 52.0 Å². The number of rotatable bonds is 7. The van der Waals surface area contributed by atoms with Crippen molar-refractivity contribution in [2.45, 2.75) is 39.9 Å². The van der Waals surface area contributed by atoms with Gasteiger partial charge in [0.25, 0.3) is 0 Å². The van der Waals surface area contributed by atoms with Gasteiger partial charge in [0.1, 0.15) is 5.76 Å². The highest BCUT2D eigenvalue weighted by Gasteiger charge is 2.21. The molecule has 5 nitrogen and oxygen atoms in total. The minimum Gasteiger partial charge on any atom is -0.444 e. The Balaban J connectivity index is 1.70. The van der Waals surface area contributed by atoms with Crippen molar-refractivity contribution in [3.63, 3.8) is 0 Å². The molecule has 136 valence electrons. The van der Waals surface area contributed by atoms with Crippen LogP contribution in [0.3, 0.4) is 0 Å². The van der Waals surface area contributed by atoms with Gasteiger partial charge in [-0.05, 0) is 26.3 Å². The molecule has 5 heteroatoms. The van der Waals surface area contributed by atoms with Crippen LogP contribution in [0.4, 0.5) is 0 Å². The summed E-state index contributed by atoms with van der Waals surface area (Å²) in [7, 11) is 0. The van der Waals surface area contributed by atoms with Crippen LogP contribution in [0.2, 0.25) is 0 Å². The summed E-state index contributed by atoms with van der Waals surface area (Å²) in [6.45, 7) is 12.6. The molecule has 0 unspecified atom stereocenters. The van der Waals surface area contributed by atoms with Crippen LogP contribution in [0.15, 0.2) is 34.7 Å². The van der Waals surface area contributed by atoms with Crippen molar-refractivity contribution in [1.29, 1.82) is 0 Å². The summed E-state index contributed by atoms with van der Waals surface area (Å²) in [5.41, 5.74) is 2.30. The van der Waals surface area contributed by atoms with Gasteiger partial charge in [0.15, 0.2) is 0 Å². The maximum atomic E-state index is 5.84. The lowest BCUT2D eigenvalue weighted by molar-refractivity contribution is 0.0216. The first-order valence-corrected chi connectivity index (χ1v) is 9.13. The Hall–Kier alpha value is -1.69. The fraction of sp³-hybridized carbons (Fsp3) is 0.550. The highest BCUT2D eigenvalue weighted by atomic mass is 16.5. The second-order valence-electron chi connectivity index (χ2n) is 6.90. The molecule has 0 aliphatic carbocycles. The lowest BCUT2D eigenvalue weighted by atomic mass is 10.1. The highest BCUT2D eigenvalue weighted by Crippen LogP contribution is 2.16. The zero-order chi connectivity index (χ0) is 17.6. The summed E-state index contributed by atoms with van der Waals surface area (Å²) in [5, 5.41) is 0. The van der Waals surface area contributed by atoms with Gasteiger partial charge in [-0.3, -0.25) is 9.80 Å². The van der Waals surface area contributed by atoms with Crippen molar-refractivity contribution in [2.75, 3.05) is 32.8 Å². The molecule has 1 aromatic carbocycles. The van der Waals surface area contributed by atoms with E-state index < -0.39 is 0 Å². The van der Waals surface area contributed by atoms with Gasteiger partial charge in [-0.2, -0.15) is 0 Å². The van der Waals surface area contributed by atoms with Crippen LogP contribution in [0.1, 0.15) is 29.8 Å². The van der Waals surface area contributed by atoms with Crippen molar-refractivity contribution >= 4 is 0 Å². The van der Waals surface area contributed by atoms with Crippen LogP contribution in [-0.4, -0.2) is 53.7 Å². The van der Waals surface area contributed by atoms with E-state index >= 15 is 0 Å². The van der Waals surface area contributed by atoms with Crippen LogP contribution >= 0.6 is 0 Å². The van der Waals surface area contributed by atoms with Gasteiger partial charge in [-0.1, -0.05) is 30.3 Å². The first kappa shape index (κ1) is 18.1.